The highest BCUT2D eigenvalue weighted by Gasteiger charge is 2.45. The minimum absolute atomic E-state index is 0.00967. The minimum atomic E-state index is 0.00967. The summed E-state index contributed by atoms with van der Waals surface area (Å²) in [5, 5.41) is 7.08. The number of urea groups is 1. The van der Waals surface area contributed by atoms with Crippen LogP contribution in [0.5, 0.6) is 0 Å². The lowest BCUT2D eigenvalue weighted by atomic mass is 9.84. The van der Waals surface area contributed by atoms with Crippen LogP contribution >= 0.6 is 0 Å². The molecule has 2 amide bonds. The monoisotopic (exact) mass is 341 g/mol. The molecule has 2 fully saturated rings. The van der Waals surface area contributed by atoms with Gasteiger partial charge in [-0.05, 0) is 12.0 Å². The quantitative estimate of drug-likeness (QED) is 0.915. The molecule has 25 heavy (non-hydrogen) atoms. The Labute approximate surface area is 147 Å². The summed E-state index contributed by atoms with van der Waals surface area (Å²) in [5.74, 6) is 0.713. The number of hydrogen-bond donors (Lipinski definition) is 1. The van der Waals surface area contributed by atoms with E-state index in [1.165, 1.54) is 11.9 Å². The summed E-state index contributed by atoms with van der Waals surface area (Å²) in [5.41, 5.74) is 1.29. The molecule has 4 rings (SSSR count). The molecule has 1 aromatic heterocycles. The molecule has 0 saturated carbocycles. The molecule has 2 aliphatic heterocycles. The van der Waals surface area contributed by atoms with Gasteiger partial charge in [0.05, 0.1) is 13.2 Å². The van der Waals surface area contributed by atoms with Crippen molar-refractivity contribution in [2.75, 3.05) is 26.3 Å². The lowest BCUT2D eigenvalue weighted by Gasteiger charge is -2.32. The average molecular weight is 341 g/mol. The molecule has 0 radical (unpaired) electrons. The van der Waals surface area contributed by atoms with Crippen LogP contribution in [0.1, 0.15) is 17.9 Å². The summed E-state index contributed by atoms with van der Waals surface area (Å²) >= 11 is 0. The lowest BCUT2D eigenvalue weighted by Crippen LogP contribution is -2.47. The molecule has 132 valence electrons. The second-order valence-electron chi connectivity index (χ2n) is 6.65. The fourth-order valence-electron chi connectivity index (χ4n) is 4.02. The third kappa shape index (κ3) is 3.37. The molecular weight excluding hydrogens is 318 g/mol. The number of rotatable bonds is 4. The maximum atomic E-state index is 12.7. The first kappa shape index (κ1) is 16.1. The predicted octanol–water partition coefficient (Wildman–Crippen LogP) is 1.49. The Morgan fingerprint density at radius 2 is 2.20 bits per heavy atom. The fraction of sp³-hybridized carbons (Fsp3) is 0.500. The van der Waals surface area contributed by atoms with E-state index in [2.05, 4.69) is 39.7 Å². The van der Waals surface area contributed by atoms with Crippen molar-refractivity contribution in [3.05, 3.63) is 48.5 Å². The Bertz CT molecular complexity index is 691. The number of nitrogens with zero attached hydrogens (tertiary/aromatic N) is 4. The topological polar surface area (TPSA) is 72.3 Å². The van der Waals surface area contributed by atoms with Crippen LogP contribution in [-0.2, 0) is 11.3 Å². The van der Waals surface area contributed by atoms with Gasteiger partial charge in [0.25, 0.3) is 0 Å². The van der Waals surface area contributed by atoms with Gasteiger partial charge in [-0.15, -0.1) is 0 Å². The van der Waals surface area contributed by atoms with E-state index in [1.807, 2.05) is 11.0 Å². The Balaban J connectivity index is 1.42. The van der Waals surface area contributed by atoms with Crippen molar-refractivity contribution in [2.45, 2.75) is 24.9 Å². The van der Waals surface area contributed by atoms with Crippen molar-refractivity contribution in [2.24, 2.45) is 5.92 Å². The molecule has 3 heterocycles. The van der Waals surface area contributed by atoms with Crippen LogP contribution in [0.25, 0.3) is 0 Å². The Hall–Kier alpha value is -2.41. The molecule has 2 aliphatic rings. The molecule has 2 saturated heterocycles. The van der Waals surface area contributed by atoms with Crippen molar-refractivity contribution in [3.63, 3.8) is 0 Å². The summed E-state index contributed by atoms with van der Waals surface area (Å²) in [6.45, 7) is 3.37. The van der Waals surface area contributed by atoms with Crippen LogP contribution in [0.15, 0.2) is 43.0 Å². The first-order valence-electron chi connectivity index (χ1n) is 8.82. The maximum Gasteiger partial charge on any atom is 0.317 e. The number of fused-ring (bicyclic) bond motifs is 1. The number of benzene rings is 1. The van der Waals surface area contributed by atoms with Gasteiger partial charge >= 0.3 is 6.03 Å². The summed E-state index contributed by atoms with van der Waals surface area (Å²) in [6, 6.07) is 10.7. The number of nitrogens with one attached hydrogen (secondary N) is 1. The van der Waals surface area contributed by atoms with Crippen LogP contribution in [0.3, 0.4) is 0 Å². The van der Waals surface area contributed by atoms with Gasteiger partial charge in [0.1, 0.15) is 12.7 Å². The first-order chi connectivity index (χ1) is 12.3. The zero-order valence-corrected chi connectivity index (χ0v) is 14.1. The van der Waals surface area contributed by atoms with Gasteiger partial charge in [-0.2, -0.15) is 5.10 Å². The van der Waals surface area contributed by atoms with Crippen molar-refractivity contribution in [1.29, 1.82) is 0 Å². The number of carbonyl (C=O) groups is 1. The lowest BCUT2D eigenvalue weighted by molar-refractivity contribution is 0.0261. The van der Waals surface area contributed by atoms with E-state index >= 15 is 0 Å². The van der Waals surface area contributed by atoms with Crippen molar-refractivity contribution < 1.29 is 9.53 Å². The highest BCUT2D eigenvalue weighted by atomic mass is 16.5. The van der Waals surface area contributed by atoms with Crippen LogP contribution in [0, 0.1) is 5.92 Å². The van der Waals surface area contributed by atoms with Gasteiger partial charge in [0.15, 0.2) is 0 Å². The number of aromatic nitrogens is 3. The second-order valence-corrected chi connectivity index (χ2v) is 6.65. The van der Waals surface area contributed by atoms with Gasteiger partial charge < -0.3 is 15.0 Å². The Morgan fingerprint density at radius 3 is 3.00 bits per heavy atom. The maximum absolute atomic E-state index is 12.7. The Morgan fingerprint density at radius 1 is 1.32 bits per heavy atom. The van der Waals surface area contributed by atoms with Crippen LogP contribution < -0.4 is 5.32 Å². The molecular formula is C18H23N5O2. The van der Waals surface area contributed by atoms with Gasteiger partial charge in [-0.1, -0.05) is 30.3 Å². The zero-order chi connectivity index (χ0) is 17.1. The van der Waals surface area contributed by atoms with Crippen molar-refractivity contribution in [3.8, 4) is 0 Å². The standard InChI is InChI=1S/C18H23N5O2/c24-18(20-7-8-22-13-19-12-21-22)23-10-15(14-4-2-1-3-5-14)16-11-25-9-6-17(16)23/h1-5,12-13,15-17H,6-11H2,(H,20,24)/t15-,16+,17+/m1/s1. The highest BCUT2D eigenvalue weighted by molar-refractivity contribution is 5.75. The molecule has 0 spiro atoms. The molecule has 0 bridgehead atoms. The number of likely N-dealkylation sites (tertiary alicyclic amines) is 1. The van der Waals surface area contributed by atoms with Gasteiger partial charge in [-0.3, -0.25) is 4.68 Å². The summed E-state index contributed by atoms with van der Waals surface area (Å²) < 4.78 is 7.43. The fourth-order valence-corrected chi connectivity index (χ4v) is 4.02. The third-order valence-corrected chi connectivity index (χ3v) is 5.25. The van der Waals surface area contributed by atoms with E-state index in [0.717, 1.165) is 26.2 Å². The first-order valence-corrected chi connectivity index (χ1v) is 8.82. The summed E-state index contributed by atoms with van der Waals surface area (Å²) in [6.07, 6.45) is 4.06. The van der Waals surface area contributed by atoms with Crippen molar-refractivity contribution in [1.82, 2.24) is 25.0 Å². The molecule has 0 unspecified atom stereocenters. The minimum Gasteiger partial charge on any atom is -0.381 e. The molecule has 1 aromatic carbocycles. The molecule has 1 N–H and O–H groups in total. The third-order valence-electron chi connectivity index (χ3n) is 5.25. The smallest absolute Gasteiger partial charge is 0.317 e. The predicted molar refractivity (Wildman–Crippen MR) is 92.0 cm³/mol. The summed E-state index contributed by atoms with van der Waals surface area (Å²) in [4.78, 5) is 18.7. The Kier molecular flexibility index (Phi) is 4.65. The van der Waals surface area contributed by atoms with Crippen molar-refractivity contribution >= 4 is 6.03 Å². The molecule has 0 aliphatic carbocycles. The van der Waals surface area contributed by atoms with E-state index in [4.69, 9.17) is 4.74 Å². The van der Waals surface area contributed by atoms with Gasteiger partial charge in [0.2, 0.25) is 0 Å². The highest BCUT2D eigenvalue weighted by Crippen LogP contribution is 2.40. The second kappa shape index (κ2) is 7.23. The van der Waals surface area contributed by atoms with Crippen LogP contribution in [-0.4, -0.2) is 58.0 Å². The zero-order valence-electron chi connectivity index (χ0n) is 14.1. The summed E-state index contributed by atoms with van der Waals surface area (Å²) in [7, 11) is 0. The molecule has 7 heteroatoms. The van der Waals surface area contributed by atoms with E-state index in [0.29, 0.717) is 24.9 Å². The normalized spacial score (nSPS) is 25.6. The number of amides is 2. The molecule has 3 atom stereocenters. The van der Waals surface area contributed by atoms with Crippen LogP contribution in [0.4, 0.5) is 4.79 Å². The van der Waals surface area contributed by atoms with E-state index in [-0.39, 0.29) is 12.1 Å². The SMILES string of the molecule is O=C(NCCn1cncn1)N1C[C@H](c2ccccc2)[C@@H]2COCC[C@@H]21. The van der Waals surface area contributed by atoms with Gasteiger partial charge in [0, 0.05) is 37.6 Å². The van der Waals surface area contributed by atoms with Gasteiger partial charge in [-0.25, -0.2) is 9.78 Å². The van der Waals surface area contributed by atoms with E-state index < -0.39 is 0 Å². The average Bonchev–Trinajstić information content (AvgIpc) is 3.30. The largest absolute Gasteiger partial charge is 0.381 e. The van der Waals surface area contributed by atoms with E-state index in [1.54, 1.807) is 11.0 Å². The number of hydrogen-bond acceptors (Lipinski definition) is 4. The molecule has 7 nitrogen and oxygen atoms in total. The van der Waals surface area contributed by atoms with E-state index in [9.17, 15) is 4.79 Å². The molecule has 2 aromatic rings. The number of carbonyl (C=O) groups excluding carboxylic acids is 1. The number of ether oxygens (including phenoxy) is 1. The van der Waals surface area contributed by atoms with Crippen LogP contribution in [0.2, 0.25) is 0 Å².